The van der Waals surface area contributed by atoms with Gasteiger partial charge >= 0.3 is 0 Å². The lowest BCUT2D eigenvalue weighted by Crippen LogP contribution is -2.46. The van der Waals surface area contributed by atoms with Crippen LogP contribution in [-0.2, 0) is 16.0 Å². The summed E-state index contributed by atoms with van der Waals surface area (Å²) in [7, 11) is 0. The topological polar surface area (TPSA) is 58.6 Å². The Balaban J connectivity index is 2.02. The second-order valence-electron chi connectivity index (χ2n) is 6.08. The van der Waals surface area contributed by atoms with Crippen molar-refractivity contribution in [3.8, 4) is 0 Å². The summed E-state index contributed by atoms with van der Waals surface area (Å²) in [6.45, 7) is 6.57. The van der Waals surface area contributed by atoms with Gasteiger partial charge in [-0.15, -0.1) is 0 Å². The normalized spacial score (nSPS) is 22.0. The van der Waals surface area contributed by atoms with E-state index < -0.39 is 11.7 Å². The van der Waals surface area contributed by atoms with Crippen molar-refractivity contribution < 1.29 is 14.6 Å². The number of amides is 1. The standard InChI is InChI=1S/C17H25NO3/c1-4-12(2)17(3,20)11-18-16(19)15-14-8-6-5-7-13(14)9-10-21-15/h5-8,12,15,20H,4,9-11H2,1-3H3,(H,18,19). The van der Waals surface area contributed by atoms with Crippen LogP contribution in [0, 0.1) is 5.92 Å². The molecule has 116 valence electrons. The Morgan fingerprint density at radius 3 is 2.95 bits per heavy atom. The van der Waals surface area contributed by atoms with Gasteiger partial charge in [-0.1, -0.05) is 44.5 Å². The molecule has 0 aromatic heterocycles. The molecule has 0 saturated carbocycles. The molecule has 3 atom stereocenters. The van der Waals surface area contributed by atoms with Crippen LogP contribution in [0.15, 0.2) is 24.3 Å². The largest absolute Gasteiger partial charge is 0.388 e. The van der Waals surface area contributed by atoms with Gasteiger partial charge in [-0.2, -0.15) is 0 Å². The van der Waals surface area contributed by atoms with E-state index in [0.29, 0.717) is 6.61 Å². The molecule has 1 amide bonds. The van der Waals surface area contributed by atoms with Crippen molar-refractivity contribution in [3.63, 3.8) is 0 Å². The third kappa shape index (κ3) is 3.63. The van der Waals surface area contributed by atoms with Gasteiger partial charge in [0.05, 0.1) is 12.2 Å². The third-order valence-electron chi connectivity index (χ3n) is 4.53. The van der Waals surface area contributed by atoms with E-state index in [4.69, 9.17) is 4.74 Å². The van der Waals surface area contributed by atoms with Crippen molar-refractivity contribution in [2.24, 2.45) is 5.92 Å². The van der Waals surface area contributed by atoms with Gasteiger partial charge in [-0.3, -0.25) is 4.79 Å². The number of aliphatic hydroxyl groups is 1. The zero-order chi connectivity index (χ0) is 15.5. The third-order valence-corrected chi connectivity index (χ3v) is 4.53. The average Bonchev–Trinajstić information content (AvgIpc) is 2.51. The molecule has 4 nitrogen and oxygen atoms in total. The monoisotopic (exact) mass is 291 g/mol. The Morgan fingerprint density at radius 2 is 2.24 bits per heavy atom. The molecule has 1 aliphatic heterocycles. The van der Waals surface area contributed by atoms with Gasteiger partial charge in [0.1, 0.15) is 0 Å². The zero-order valence-corrected chi connectivity index (χ0v) is 13.1. The highest BCUT2D eigenvalue weighted by Gasteiger charge is 2.31. The van der Waals surface area contributed by atoms with E-state index in [2.05, 4.69) is 5.32 Å². The number of carbonyl (C=O) groups excluding carboxylic acids is 1. The van der Waals surface area contributed by atoms with Crippen LogP contribution in [-0.4, -0.2) is 29.8 Å². The van der Waals surface area contributed by atoms with Crippen molar-refractivity contribution in [2.45, 2.75) is 45.3 Å². The van der Waals surface area contributed by atoms with E-state index in [1.165, 1.54) is 0 Å². The number of nitrogens with one attached hydrogen (secondary N) is 1. The van der Waals surface area contributed by atoms with Crippen LogP contribution < -0.4 is 5.32 Å². The number of ether oxygens (including phenoxy) is 1. The minimum absolute atomic E-state index is 0.123. The van der Waals surface area contributed by atoms with Crippen LogP contribution in [0.1, 0.15) is 44.4 Å². The van der Waals surface area contributed by atoms with Crippen molar-refractivity contribution in [2.75, 3.05) is 13.2 Å². The summed E-state index contributed by atoms with van der Waals surface area (Å²) in [5, 5.41) is 13.2. The van der Waals surface area contributed by atoms with Gasteiger partial charge in [0, 0.05) is 6.54 Å². The van der Waals surface area contributed by atoms with Crippen molar-refractivity contribution in [3.05, 3.63) is 35.4 Å². The van der Waals surface area contributed by atoms with Crippen molar-refractivity contribution >= 4 is 5.91 Å². The lowest BCUT2D eigenvalue weighted by atomic mass is 9.88. The minimum atomic E-state index is -0.904. The molecule has 4 heteroatoms. The van der Waals surface area contributed by atoms with E-state index in [0.717, 1.165) is 24.0 Å². The fraction of sp³-hybridized carbons (Fsp3) is 0.588. The maximum absolute atomic E-state index is 12.4. The van der Waals surface area contributed by atoms with Crippen LogP contribution >= 0.6 is 0 Å². The summed E-state index contributed by atoms with van der Waals surface area (Å²) in [6, 6.07) is 7.87. The number of carbonyl (C=O) groups is 1. The number of hydrogen-bond donors (Lipinski definition) is 2. The summed E-state index contributed by atoms with van der Waals surface area (Å²) in [5.41, 5.74) is 1.19. The van der Waals surface area contributed by atoms with Crippen LogP contribution in [0.3, 0.4) is 0 Å². The predicted octanol–water partition coefficient (Wildman–Crippen LogP) is 2.21. The first-order valence-electron chi connectivity index (χ1n) is 7.65. The smallest absolute Gasteiger partial charge is 0.253 e. The van der Waals surface area contributed by atoms with Gasteiger partial charge in [0.25, 0.3) is 5.91 Å². The second-order valence-corrected chi connectivity index (χ2v) is 6.08. The fourth-order valence-electron chi connectivity index (χ4n) is 2.58. The van der Waals surface area contributed by atoms with Gasteiger partial charge in [0.15, 0.2) is 6.10 Å². The first kappa shape index (κ1) is 16.0. The molecule has 0 radical (unpaired) electrons. The van der Waals surface area contributed by atoms with Gasteiger partial charge < -0.3 is 15.2 Å². The molecule has 3 unspecified atom stereocenters. The highest BCUT2D eigenvalue weighted by molar-refractivity contribution is 5.83. The molecule has 0 saturated heterocycles. The lowest BCUT2D eigenvalue weighted by molar-refractivity contribution is -0.135. The molecule has 0 spiro atoms. The van der Waals surface area contributed by atoms with E-state index in [-0.39, 0.29) is 18.4 Å². The molecule has 0 aliphatic carbocycles. The molecule has 2 rings (SSSR count). The molecule has 0 bridgehead atoms. The number of fused-ring (bicyclic) bond motifs is 1. The van der Waals surface area contributed by atoms with Crippen LogP contribution in [0.4, 0.5) is 0 Å². The van der Waals surface area contributed by atoms with E-state index in [1.54, 1.807) is 6.92 Å². The Hall–Kier alpha value is -1.39. The number of benzene rings is 1. The second kappa shape index (κ2) is 6.58. The molecular weight excluding hydrogens is 266 g/mol. The van der Waals surface area contributed by atoms with Crippen LogP contribution in [0.2, 0.25) is 0 Å². The molecule has 2 N–H and O–H groups in total. The minimum Gasteiger partial charge on any atom is -0.388 e. The van der Waals surface area contributed by atoms with Crippen molar-refractivity contribution in [1.29, 1.82) is 0 Å². The molecule has 0 fully saturated rings. The zero-order valence-electron chi connectivity index (χ0n) is 13.1. The maximum Gasteiger partial charge on any atom is 0.253 e. The highest BCUT2D eigenvalue weighted by atomic mass is 16.5. The summed E-state index contributed by atoms with van der Waals surface area (Å²) < 4.78 is 5.62. The molecule has 1 heterocycles. The molecule has 1 aromatic carbocycles. The maximum atomic E-state index is 12.4. The van der Waals surface area contributed by atoms with Crippen molar-refractivity contribution in [1.82, 2.24) is 5.32 Å². The SMILES string of the molecule is CCC(C)C(C)(O)CNC(=O)C1OCCc2ccccc21. The van der Waals surface area contributed by atoms with Crippen LogP contribution in [0.25, 0.3) is 0 Å². The quantitative estimate of drug-likeness (QED) is 0.874. The molecule has 1 aliphatic rings. The molecular formula is C17H25NO3. The van der Waals surface area contributed by atoms with E-state index in [1.807, 2.05) is 38.1 Å². The summed E-state index contributed by atoms with van der Waals surface area (Å²) in [5.74, 6) is -0.0527. The van der Waals surface area contributed by atoms with E-state index in [9.17, 15) is 9.90 Å². The molecule has 21 heavy (non-hydrogen) atoms. The lowest BCUT2D eigenvalue weighted by Gasteiger charge is -2.31. The summed E-state index contributed by atoms with van der Waals surface area (Å²) in [4.78, 5) is 12.4. The van der Waals surface area contributed by atoms with E-state index >= 15 is 0 Å². The Labute approximate surface area is 126 Å². The number of rotatable bonds is 5. The Kier molecular flexibility index (Phi) is 5.01. The highest BCUT2D eigenvalue weighted by Crippen LogP contribution is 2.27. The van der Waals surface area contributed by atoms with Gasteiger partial charge in [0.2, 0.25) is 0 Å². The summed E-state index contributed by atoms with van der Waals surface area (Å²) >= 11 is 0. The Bertz CT molecular complexity index is 499. The average molecular weight is 291 g/mol. The van der Waals surface area contributed by atoms with Crippen LogP contribution in [0.5, 0.6) is 0 Å². The Morgan fingerprint density at radius 1 is 1.52 bits per heavy atom. The predicted molar refractivity (Wildman–Crippen MR) is 81.9 cm³/mol. The number of hydrogen-bond acceptors (Lipinski definition) is 3. The van der Waals surface area contributed by atoms with Gasteiger partial charge in [-0.25, -0.2) is 0 Å². The first-order chi connectivity index (χ1) is 9.95. The summed E-state index contributed by atoms with van der Waals surface area (Å²) in [6.07, 6.45) is 1.14. The molecule has 1 aromatic rings. The van der Waals surface area contributed by atoms with Gasteiger partial charge in [-0.05, 0) is 30.4 Å². The fourth-order valence-corrected chi connectivity index (χ4v) is 2.58. The first-order valence-corrected chi connectivity index (χ1v) is 7.65.